The minimum Gasteiger partial charge on any atom is -0.342 e. The molecule has 0 aliphatic carbocycles. The molecule has 2 aliphatic heterocycles. The fraction of sp³-hybridized carbons (Fsp3) is 0.875. The molecule has 2 saturated heterocycles. The second kappa shape index (κ2) is 8.73. The number of likely N-dealkylation sites (tertiary alicyclic amines) is 2. The molecule has 0 aromatic rings. The number of carbonyl (C=O) groups is 2. The van der Waals surface area contributed by atoms with Gasteiger partial charge in [0.25, 0.3) is 0 Å². The maximum atomic E-state index is 12.2. The second-order valence-corrected chi connectivity index (χ2v) is 6.84. The van der Waals surface area contributed by atoms with Gasteiger partial charge >= 0.3 is 0 Å². The molecule has 0 aromatic heterocycles. The van der Waals surface area contributed by atoms with Gasteiger partial charge in [-0.2, -0.15) is 0 Å². The maximum Gasteiger partial charge on any atom is 0.239 e. The van der Waals surface area contributed by atoms with E-state index in [1.165, 1.54) is 0 Å². The van der Waals surface area contributed by atoms with Crippen LogP contribution in [-0.2, 0) is 9.59 Å². The lowest BCUT2D eigenvalue weighted by Gasteiger charge is -2.37. The molecule has 128 valence electrons. The first-order valence-electron chi connectivity index (χ1n) is 8.31. The molecule has 0 aromatic carbocycles. The first-order valence-corrected chi connectivity index (χ1v) is 8.31. The number of piperidine rings is 2. The van der Waals surface area contributed by atoms with Crippen LogP contribution >= 0.6 is 12.4 Å². The molecule has 6 heteroatoms. The zero-order valence-corrected chi connectivity index (χ0v) is 14.6. The van der Waals surface area contributed by atoms with Gasteiger partial charge in [0.05, 0.1) is 6.04 Å². The largest absolute Gasteiger partial charge is 0.342 e. The van der Waals surface area contributed by atoms with Crippen molar-refractivity contribution >= 4 is 24.2 Å². The molecule has 2 amide bonds. The van der Waals surface area contributed by atoms with E-state index in [1.54, 1.807) is 0 Å². The predicted molar refractivity (Wildman–Crippen MR) is 89.8 cm³/mol. The van der Waals surface area contributed by atoms with E-state index in [0.717, 1.165) is 51.9 Å². The molecule has 22 heavy (non-hydrogen) atoms. The fourth-order valence-corrected chi connectivity index (χ4v) is 3.20. The monoisotopic (exact) mass is 331 g/mol. The summed E-state index contributed by atoms with van der Waals surface area (Å²) in [6.45, 7) is 7.32. The maximum absolute atomic E-state index is 12.2. The summed E-state index contributed by atoms with van der Waals surface area (Å²) < 4.78 is 0. The van der Waals surface area contributed by atoms with Crippen LogP contribution in [0.4, 0.5) is 0 Å². The van der Waals surface area contributed by atoms with Crippen molar-refractivity contribution in [2.75, 3.05) is 26.2 Å². The molecule has 2 N–H and O–H groups in total. The topological polar surface area (TPSA) is 66.6 Å². The molecular formula is C16H30ClN3O2. The van der Waals surface area contributed by atoms with Gasteiger partial charge in [0, 0.05) is 32.6 Å². The predicted octanol–water partition coefficient (Wildman–Crippen LogP) is 1.64. The van der Waals surface area contributed by atoms with Crippen LogP contribution in [0.25, 0.3) is 0 Å². The Balaban J connectivity index is 0.00000242. The molecule has 0 saturated carbocycles. The lowest BCUT2D eigenvalue weighted by atomic mass is 9.94. The summed E-state index contributed by atoms with van der Waals surface area (Å²) in [7, 11) is 0. The van der Waals surface area contributed by atoms with Crippen LogP contribution in [0.1, 0.15) is 46.0 Å². The second-order valence-electron chi connectivity index (χ2n) is 6.84. The highest BCUT2D eigenvalue weighted by atomic mass is 35.5. The number of hydrogen-bond acceptors (Lipinski definition) is 3. The molecule has 5 nitrogen and oxygen atoms in total. The smallest absolute Gasteiger partial charge is 0.239 e. The van der Waals surface area contributed by atoms with Crippen LogP contribution in [0, 0.1) is 11.8 Å². The van der Waals surface area contributed by atoms with E-state index in [-0.39, 0.29) is 30.3 Å². The Morgan fingerprint density at radius 1 is 1.23 bits per heavy atom. The van der Waals surface area contributed by atoms with E-state index in [2.05, 4.69) is 0 Å². The van der Waals surface area contributed by atoms with Gasteiger partial charge in [-0.05, 0) is 37.5 Å². The van der Waals surface area contributed by atoms with E-state index in [4.69, 9.17) is 5.73 Å². The highest BCUT2D eigenvalue weighted by Gasteiger charge is 2.29. The van der Waals surface area contributed by atoms with Crippen molar-refractivity contribution < 1.29 is 9.59 Å². The lowest BCUT2D eigenvalue weighted by molar-refractivity contribution is -0.137. The Kier molecular flexibility index (Phi) is 7.63. The Bertz CT molecular complexity index is 382. The number of amides is 2. The number of nitrogens with zero attached hydrogens (tertiary/aromatic N) is 2. The Labute approximate surface area is 140 Å². The molecule has 1 atom stereocenters. The van der Waals surface area contributed by atoms with Gasteiger partial charge in [-0.25, -0.2) is 0 Å². The molecule has 0 radical (unpaired) electrons. The summed E-state index contributed by atoms with van der Waals surface area (Å²) in [5.41, 5.74) is 5.95. The van der Waals surface area contributed by atoms with Crippen molar-refractivity contribution in [2.24, 2.45) is 17.6 Å². The minimum absolute atomic E-state index is 0. The highest BCUT2D eigenvalue weighted by molar-refractivity contribution is 5.85. The van der Waals surface area contributed by atoms with E-state index in [1.807, 2.05) is 23.6 Å². The molecule has 0 spiro atoms. The van der Waals surface area contributed by atoms with Crippen molar-refractivity contribution in [3.8, 4) is 0 Å². The van der Waals surface area contributed by atoms with Crippen molar-refractivity contribution in [3.05, 3.63) is 0 Å². The van der Waals surface area contributed by atoms with Gasteiger partial charge in [0.1, 0.15) is 0 Å². The lowest BCUT2D eigenvalue weighted by Crippen LogP contribution is -2.50. The Morgan fingerprint density at radius 2 is 1.86 bits per heavy atom. The third-order valence-corrected chi connectivity index (χ3v) is 4.83. The van der Waals surface area contributed by atoms with Crippen molar-refractivity contribution in [2.45, 2.75) is 52.0 Å². The van der Waals surface area contributed by atoms with Gasteiger partial charge in [0.2, 0.25) is 11.8 Å². The minimum atomic E-state index is -0.384. The summed E-state index contributed by atoms with van der Waals surface area (Å²) in [5.74, 6) is 1.10. The third-order valence-electron chi connectivity index (χ3n) is 4.83. The van der Waals surface area contributed by atoms with Crippen LogP contribution in [0.3, 0.4) is 0 Å². The number of halogens is 1. The Hall–Kier alpha value is -0.810. The summed E-state index contributed by atoms with van der Waals surface area (Å²) in [5, 5.41) is 0. The summed E-state index contributed by atoms with van der Waals surface area (Å²) in [4.78, 5) is 28.0. The average Bonchev–Trinajstić information content (AvgIpc) is 2.49. The standard InChI is InChI=1S/C16H29N3O2.ClH/c1-12(2)15(17)16(21)18-9-6-13(7-10-18)11-19-8-4-3-5-14(19)20;/h12-13,15H,3-11,17H2,1-2H3;1H/t15-;/m0./s1. The SMILES string of the molecule is CC(C)[C@H](N)C(=O)N1CCC(CN2CCCCC2=O)CC1.Cl. The molecule has 2 rings (SSSR count). The van der Waals surface area contributed by atoms with Gasteiger partial charge in [0.15, 0.2) is 0 Å². The molecule has 0 bridgehead atoms. The van der Waals surface area contributed by atoms with Gasteiger partial charge in [-0.1, -0.05) is 13.8 Å². The van der Waals surface area contributed by atoms with Crippen LogP contribution in [0.15, 0.2) is 0 Å². The molecule has 2 fully saturated rings. The molecule has 2 heterocycles. The van der Waals surface area contributed by atoms with Crippen LogP contribution in [-0.4, -0.2) is 53.8 Å². The van der Waals surface area contributed by atoms with Crippen LogP contribution in [0.2, 0.25) is 0 Å². The van der Waals surface area contributed by atoms with Crippen LogP contribution < -0.4 is 5.73 Å². The van der Waals surface area contributed by atoms with Crippen molar-refractivity contribution in [3.63, 3.8) is 0 Å². The van der Waals surface area contributed by atoms with Gasteiger partial charge in [-0.15, -0.1) is 12.4 Å². The molecular weight excluding hydrogens is 302 g/mol. The fourth-order valence-electron chi connectivity index (χ4n) is 3.20. The first-order chi connectivity index (χ1) is 9.99. The summed E-state index contributed by atoms with van der Waals surface area (Å²) in [6.07, 6.45) is 4.85. The number of rotatable bonds is 4. The zero-order valence-electron chi connectivity index (χ0n) is 13.8. The molecule has 0 unspecified atom stereocenters. The average molecular weight is 332 g/mol. The highest BCUT2D eigenvalue weighted by Crippen LogP contribution is 2.21. The van der Waals surface area contributed by atoms with E-state index < -0.39 is 0 Å². The van der Waals surface area contributed by atoms with Crippen molar-refractivity contribution in [1.82, 2.24) is 9.80 Å². The van der Waals surface area contributed by atoms with Crippen LogP contribution in [0.5, 0.6) is 0 Å². The van der Waals surface area contributed by atoms with E-state index in [9.17, 15) is 9.59 Å². The molecule has 2 aliphatic rings. The summed E-state index contributed by atoms with van der Waals surface area (Å²) in [6, 6.07) is -0.384. The number of hydrogen-bond donors (Lipinski definition) is 1. The summed E-state index contributed by atoms with van der Waals surface area (Å²) >= 11 is 0. The van der Waals surface area contributed by atoms with E-state index in [0.29, 0.717) is 18.2 Å². The van der Waals surface area contributed by atoms with Crippen molar-refractivity contribution in [1.29, 1.82) is 0 Å². The van der Waals surface area contributed by atoms with Gasteiger partial charge < -0.3 is 15.5 Å². The number of carbonyl (C=O) groups excluding carboxylic acids is 2. The number of nitrogens with two attached hydrogens (primary N) is 1. The Morgan fingerprint density at radius 3 is 2.41 bits per heavy atom. The van der Waals surface area contributed by atoms with E-state index >= 15 is 0 Å². The normalized spacial score (nSPS) is 21.7. The zero-order chi connectivity index (χ0) is 15.4. The first kappa shape index (κ1) is 19.2. The van der Waals surface area contributed by atoms with Gasteiger partial charge in [-0.3, -0.25) is 9.59 Å². The third kappa shape index (κ3) is 4.85. The quantitative estimate of drug-likeness (QED) is 0.851.